The van der Waals surface area contributed by atoms with Gasteiger partial charge in [0.2, 0.25) is 0 Å². The molecule has 1 fully saturated rings. The number of piperidine rings is 1. The molecule has 1 saturated heterocycles. The third-order valence-electron chi connectivity index (χ3n) is 2.37. The van der Waals surface area contributed by atoms with Crippen LogP contribution in [0.1, 0.15) is 31.1 Å². The van der Waals surface area contributed by atoms with Crippen molar-refractivity contribution >= 4 is 0 Å². The second-order valence-electron chi connectivity index (χ2n) is 3.24. The third-order valence-corrected chi connectivity index (χ3v) is 2.37. The highest BCUT2D eigenvalue weighted by molar-refractivity contribution is 4.94. The second-order valence-corrected chi connectivity index (χ2v) is 3.24. The van der Waals surface area contributed by atoms with E-state index in [-0.39, 0.29) is 0 Å². The maximum absolute atomic E-state index is 4.23. The quantitative estimate of drug-likeness (QED) is 0.665. The molecule has 0 aliphatic carbocycles. The van der Waals surface area contributed by atoms with Gasteiger partial charge in [0.25, 0.3) is 0 Å². The molecule has 1 atom stereocenters. The van der Waals surface area contributed by atoms with E-state index in [4.69, 9.17) is 0 Å². The molecule has 1 aliphatic rings. The van der Waals surface area contributed by atoms with Crippen LogP contribution in [0.4, 0.5) is 0 Å². The molecule has 4 nitrogen and oxygen atoms in total. The van der Waals surface area contributed by atoms with E-state index in [0.29, 0.717) is 6.04 Å². The molecule has 0 spiro atoms. The lowest BCUT2D eigenvalue weighted by Crippen LogP contribution is -2.28. The van der Waals surface area contributed by atoms with E-state index in [0.717, 1.165) is 12.4 Å². The first-order valence-corrected chi connectivity index (χ1v) is 4.45. The summed E-state index contributed by atoms with van der Waals surface area (Å²) in [5.74, 6) is 1.06. The van der Waals surface area contributed by atoms with Gasteiger partial charge in [-0.25, -0.2) is 4.98 Å². The van der Waals surface area contributed by atoms with Crippen LogP contribution in [0.5, 0.6) is 0 Å². The fraction of sp³-hybridized carbons (Fsp3) is 0.750. The number of aryl methyl sites for hydroxylation is 1. The van der Waals surface area contributed by atoms with E-state index in [1.54, 1.807) is 6.33 Å². The highest BCUT2D eigenvalue weighted by Gasteiger charge is 2.18. The summed E-state index contributed by atoms with van der Waals surface area (Å²) in [4.78, 5) is 4.23. The van der Waals surface area contributed by atoms with Gasteiger partial charge in [0.1, 0.15) is 12.2 Å². The Hall–Kier alpha value is -0.900. The molecule has 0 radical (unpaired) electrons. The van der Waals surface area contributed by atoms with Crippen molar-refractivity contribution in [3.8, 4) is 0 Å². The predicted octanol–water partition coefficient (Wildman–Crippen LogP) is 0.630. The summed E-state index contributed by atoms with van der Waals surface area (Å²) in [5.41, 5.74) is 0. The number of nitrogens with one attached hydrogen (secondary N) is 1. The Morgan fingerprint density at radius 1 is 1.58 bits per heavy atom. The van der Waals surface area contributed by atoms with Crippen molar-refractivity contribution < 1.29 is 0 Å². The van der Waals surface area contributed by atoms with Crippen LogP contribution in [0, 0.1) is 0 Å². The Morgan fingerprint density at radius 3 is 3.08 bits per heavy atom. The van der Waals surface area contributed by atoms with E-state index in [1.807, 2.05) is 11.7 Å². The first-order chi connectivity index (χ1) is 5.88. The standard InChI is InChI=1S/C8H14N4/c1-12-8(10-6-11-12)7-4-2-3-5-9-7/h6-7,9H,2-5H2,1H3. The number of aromatic nitrogens is 3. The van der Waals surface area contributed by atoms with E-state index in [2.05, 4.69) is 15.4 Å². The van der Waals surface area contributed by atoms with Crippen LogP contribution >= 0.6 is 0 Å². The molecule has 0 bridgehead atoms. The lowest BCUT2D eigenvalue weighted by atomic mass is 10.0. The minimum absolute atomic E-state index is 0.422. The smallest absolute Gasteiger partial charge is 0.143 e. The van der Waals surface area contributed by atoms with Gasteiger partial charge >= 0.3 is 0 Å². The third kappa shape index (κ3) is 1.34. The first-order valence-electron chi connectivity index (χ1n) is 4.45. The van der Waals surface area contributed by atoms with Crippen LogP contribution in [-0.2, 0) is 7.05 Å². The van der Waals surface area contributed by atoms with Crippen LogP contribution in [0.25, 0.3) is 0 Å². The van der Waals surface area contributed by atoms with Crippen molar-refractivity contribution in [2.45, 2.75) is 25.3 Å². The summed E-state index contributed by atoms with van der Waals surface area (Å²) in [5, 5.41) is 7.50. The van der Waals surface area contributed by atoms with Gasteiger partial charge in [0, 0.05) is 7.05 Å². The zero-order chi connectivity index (χ0) is 8.39. The lowest BCUT2D eigenvalue weighted by molar-refractivity contribution is 0.386. The minimum Gasteiger partial charge on any atom is -0.307 e. The zero-order valence-electron chi connectivity index (χ0n) is 7.32. The van der Waals surface area contributed by atoms with Crippen molar-refractivity contribution in [2.24, 2.45) is 7.05 Å². The summed E-state index contributed by atoms with van der Waals surface area (Å²) in [7, 11) is 1.94. The van der Waals surface area contributed by atoms with Gasteiger partial charge < -0.3 is 5.32 Å². The van der Waals surface area contributed by atoms with E-state index < -0.39 is 0 Å². The molecular formula is C8H14N4. The number of rotatable bonds is 1. The van der Waals surface area contributed by atoms with Crippen molar-refractivity contribution in [2.75, 3.05) is 6.54 Å². The molecule has 0 saturated carbocycles. The Morgan fingerprint density at radius 2 is 2.50 bits per heavy atom. The van der Waals surface area contributed by atoms with Gasteiger partial charge in [-0.2, -0.15) is 5.10 Å². The van der Waals surface area contributed by atoms with Gasteiger partial charge in [-0.1, -0.05) is 6.42 Å². The first kappa shape index (κ1) is 7.73. The maximum Gasteiger partial charge on any atom is 0.143 e. The van der Waals surface area contributed by atoms with E-state index in [1.165, 1.54) is 19.3 Å². The summed E-state index contributed by atoms with van der Waals surface area (Å²) in [6.07, 6.45) is 5.39. The Bertz CT molecular complexity index is 249. The molecule has 0 aromatic carbocycles. The average molecular weight is 166 g/mol. The normalized spacial score (nSPS) is 24.2. The SMILES string of the molecule is Cn1ncnc1C1CCCCN1. The number of hydrogen-bond acceptors (Lipinski definition) is 3. The van der Waals surface area contributed by atoms with Gasteiger partial charge in [-0.05, 0) is 19.4 Å². The molecule has 1 aromatic heterocycles. The van der Waals surface area contributed by atoms with Crippen LogP contribution in [0.3, 0.4) is 0 Å². The van der Waals surface area contributed by atoms with Gasteiger partial charge in [0.05, 0.1) is 6.04 Å². The van der Waals surface area contributed by atoms with Gasteiger partial charge in [-0.15, -0.1) is 0 Å². The fourth-order valence-electron chi connectivity index (χ4n) is 1.69. The van der Waals surface area contributed by atoms with Crippen LogP contribution in [0.2, 0.25) is 0 Å². The number of nitrogens with zero attached hydrogens (tertiary/aromatic N) is 3. The van der Waals surface area contributed by atoms with Crippen LogP contribution < -0.4 is 5.32 Å². The molecule has 1 aromatic rings. The van der Waals surface area contributed by atoms with Crippen molar-refractivity contribution in [3.05, 3.63) is 12.2 Å². The van der Waals surface area contributed by atoms with Gasteiger partial charge in [-0.3, -0.25) is 4.68 Å². The highest BCUT2D eigenvalue weighted by atomic mass is 15.3. The largest absolute Gasteiger partial charge is 0.307 e. The molecule has 2 heterocycles. The monoisotopic (exact) mass is 166 g/mol. The molecule has 1 unspecified atom stereocenters. The predicted molar refractivity (Wildman–Crippen MR) is 45.6 cm³/mol. The Balaban J connectivity index is 2.13. The molecule has 66 valence electrons. The highest BCUT2D eigenvalue weighted by Crippen LogP contribution is 2.19. The topological polar surface area (TPSA) is 42.7 Å². The number of hydrogen-bond donors (Lipinski definition) is 1. The molecule has 4 heteroatoms. The van der Waals surface area contributed by atoms with Gasteiger partial charge in [0.15, 0.2) is 0 Å². The second kappa shape index (κ2) is 3.23. The van der Waals surface area contributed by atoms with Crippen molar-refractivity contribution in [1.29, 1.82) is 0 Å². The molecular weight excluding hydrogens is 152 g/mol. The summed E-state index contributed by atoms with van der Waals surface area (Å²) < 4.78 is 1.85. The van der Waals surface area contributed by atoms with Crippen LogP contribution in [0.15, 0.2) is 6.33 Å². The molecule has 0 amide bonds. The van der Waals surface area contributed by atoms with E-state index >= 15 is 0 Å². The molecule has 1 N–H and O–H groups in total. The van der Waals surface area contributed by atoms with Crippen molar-refractivity contribution in [3.63, 3.8) is 0 Å². The molecule has 2 rings (SSSR count). The zero-order valence-corrected chi connectivity index (χ0v) is 7.32. The van der Waals surface area contributed by atoms with E-state index in [9.17, 15) is 0 Å². The Kier molecular flexibility index (Phi) is 2.08. The summed E-state index contributed by atoms with van der Waals surface area (Å²) in [6, 6.07) is 0.422. The Labute approximate surface area is 72.0 Å². The maximum atomic E-state index is 4.23. The molecule has 12 heavy (non-hydrogen) atoms. The summed E-state index contributed by atoms with van der Waals surface area (Å²) in [6.45, 7) is 1.11. The lowest BCUT2D eigenvalue weighted by Gasteiger charge is -2.22. The minimum atomic E-state index is 0.422. The van der Waals surface area contributed by atoms with Crippen molar-refractivity contribution in [1.82, 2.24) is 20.1 Å². The van der Waals surface area contributed by atoms with Crippen LogP contribution in [-0.4, -0.2) is 21.3 Å². The fourth-order valence-corrected chi connectivity index (χ4v) is 1.69. The average Bonchev–Trinajstić information content (AvgIpc) is 2.53. The summed E-state index contributed by atoms with van der Waals surface area (Å²) >= 11 is 0. The molecule has 1 aliphatic heterocycles.